The van der Waals surface area contributed by atoms with Crippen molar-refractivity contribution in [1.29, 1.82) is 0 Å². The molecule has 5 nitrogen and oxygen atoms in total. The predicted molar refractivity (Wildman–Crippen MR) is 106 cm³/mol. The summed E-state index contributed by atoms with van der Waals surface area (Å²) >= 11 is 0. The molecule has 0 aliphatic heterocycles. The molecule has 0 aliphatic rings. The maximum atomic E-state index is 12.5. The van der Waals surface area contributed by atoms with Crippen molar-refractivity contribution in [3.63, 3.8) is 0 Å². The van der Waals surface area contributed by atoms with Gasteiger partial charge in [0.1, 0.15) is 17.3 Å². The zero-order valence-corrected chi connectivity index (χ0v) is 16.5. The zero-order valence-electron chi connectivity index (χ0n) is 16.5. The molecular formula is C21H30N4O. The summed E-state index contributed by atoms with van der Waals surface area (Å²) in [7, 11) is 0. The lowest BCUT2D eigenvalue weighted by Gasteiger charge is -2.28. The van der Waals surface area contributed by atoms with Crippen LogP contribution < -0.4 is 10.2 Å². The van der Waals surface area contributed by atoms with Crippen LogP contribution in [0.2, 0.25) is 0 Å². The van der Waals surface area contributed by atoms with Crippen LogP contribution in [-0.2, 0) is 6.54 Å². The number of carbonyl (C=O) groups excluding carboxylic acids is 1. The summed E-state index contributed by atoms with van der Waals surface area (Å²) in [6.07, 6.45) is 0.953. The van der Waals surface area contributed by atoms with Gasteiger partial charge in [-0.15, -0.1) is 0 Å². The van der Waals surface area contributed by atoms with Crippen LogP contribution >= 0.6 is 0 Å². The van der Waals surface area contributed by atoms with Crippen molar-refractivity contribution in [3.8, 4) is 0 Å². The first-order valence-corrected chi connectivity index (χ1v) is 9.31. The van der Waals surface area contributed by atoms with E-state index in [1.54, 1.807) is 6.07 Å². The molecule has 0 fully saturated rings. The number of nitrogens with one attached hydrogen (secondary N) is 1. The summed E-state index contributed by atoms with van der Waals surface area (Å²) in [4.78, 5) is 23.6. The number of amides is 1. The molecule has 2 rings (SSSR count). The van der Waals surface area contributed by atoms with Gasteiger partial charge in [0.2, 0.25) is 0 Å². The highest BCUT2D eigenvalue weighted by Gasteiger charge is 2.17. The van der Waals surface area contributed by atoms with Gasteiger partial charge in [0.25, 0.3) is 5.91 Å². The molecule has 5 heteroatoms. The minimum Gasteiger partial charge on any atom is -0.351 e. The third-order valence-corrected chi connectivity index (χ3v) is 4.18. The van der Waals surface area contributed by atoms with E-state index in [1.807, 2.05) is 25.1 Å². The van der Waals surface area contributed by atoms with Crippen molar-refractivity contribution in [2.45, 2.75) is 53.6 Å². The molecule has 0 atom stereocenters. The van der Waals surface area contributed by atoms with E-state index in [4.69, 9.17) is 0 Å². The van der Waals surface area contributed by atoms with E-state index in [2.05, 4.69) is 60.0 Å². The Balaban J connectivity index is 2.21. The van der Waals surface area contributed by atoms with Crippen LogP contribution in [0.4, 0.5) is 5.82 Å². The molecule has 1 heterocycles. The Morgan fingerprint density at radius 3 is 2.42 bits per heavy atom. The Kier molecular flexibility index (Phi) is 7.13. The molecule has 1 aromatic carbocycles. The van der Waals surface area contributed by atoms with Gasteiger partial charge in [-0.25, -0.2) is 9.97 Å². The first-order chi connectivity index (χ1) is 12.4. The van der Waals surface area contributed by atoms with Crippen LogP contribution in [0.5, 0.6) is 0 Å². The Bertz CT molecular complexity index is 713. The second-order valence-electron chi connectivity index (χ2n) is 7.30. The molecule has 1 N–H and O–H groups in total. The van der Waals surface area contributed by atoms with Gasteiger partial charge in [-0.05, 0) is 38.7 Å². The largest absolute Gasteiger partial charge is 0.351 e. The third kappa shape index (κ3) is 5.83. The minimum atomic E-state index is -0.138. The molecule has 0 unspecified atom stereocenters. The number of anilines is 1. The average Bonchev–Trinajstić information content (AvgIpc) is 2.59. The number of benzene rings is 1. The number of hydrogen-bond acceptors (Lipinski definition) is 4. The van der Waals surface area contributed by atoms with Crippen LogP contribution in [0.1, 0.15) is 56.0 Å². The molecule has 0 saturated carbocycles. The summed E-state index contributed by atoms with van der Waals surface area (Å²) < 4.78 is 0. The molecule has 1 amide bonds. The average molecular weight is 354 g/mol. The van der Waals surface area contributed by atoms with Gasteiger partial charge >= 0.3 is 0 Å². The fraction of sp³-hybridized carbons (Fsp3) is 0.476. The summed E-state index contributed by atoms with van der Waals surface area (Å²) in [5.41, 5.74) is 1.63. The van der Waals surface area contributed by atoms with E-state index in [0.717, 1.165) is 18.8 Å². The lowest BCUT2D eigenvalue weighted by molar-refractivity contribution is 0.0946. The van der Waals surface area contributed by atoms with Crippen molar-refractivity contribution in [2.24, 2.45) is 5.92 Å². The highest BCUT2D eigenvalue weighted by molar-refractivity contribution is 5.92. The zero-order chi connectivity index (χ0) is 19.1. The van der Waals surface area contributed by atoms with E-state index >= 15 is 0 Å². The number of hydrogen-bond donors (Lipinski definition) is 1. The normalized spacial score (nSPS) is 11.0. The lowest BCUT2D eigenvalue weighted by Crippen LogP contribution is -2.32. The Morgan fingerprint density at radius 1 is 1.12 bits per heavy atom. The van der Waals surface area contributed by atoms with Gasteiger partial charge in [-0.2, -0.15) is 0 Å². The third-order valence-electron chi connectivity index (χ3n) is 4.18. The van der Waals surface area contributed by atoms with Crippen LogP contribution in [0.25, 0.3) is 0 Å². The summed E-state index contributed by atoms with van der Waals surface area (Å²) in [6, 6.07) is 12.3. The monoisotopic (exact) mass is 354 g/mol. The quantitative estimate of drug-likeness (QED) is 0.779. The SMILES string of the molecule is Cc1nc(C(=O)NCCC(C)C)cc(N(Cc2ccccc2)C(C)C)n1. The second-order valence-corrected chi connectivity index (χ2v) is 7.30. The standard InChI is InChI=1S/C21H30N4O/c1-15(2)11-12-22-21(26)19-13-20(24-17(5)23-19)25(16(3)4)14-18-9-7-6-8-10-18/h6-10,13,15-16H,11-12,14H2,1-5H3,(H,22,26). The van der Waals surface area contributed by atoms with Gasteiger partial charge in [0.05, 0.1) is 0 Å². The topological polar surface area (TPSA) is 58.1 Å². The van der Waals surface area contributed by atoms with Crippen molar-refractivity contribution >= 4 is 11.7 Å². The molecule has 0 aliphatic carbocycles. The van der Waals surface area contributed by atoms with E-state index in [-0.39, 0.29) is 11.9 Å². The first-order valence-electron chi connectivity index (χ1n) is 9.31. The minimum absolute atomic E-state index is 0.138. The van der Waals surface area contributed by atoms with Crippen molar-refractivity contribution < 1.29 is 4.79 Å². The van der Waals surface area contributed by atoms with Crippen molar-refractivity contribution in [3.05, 3.63) is 53.5 Å². The maximum Gasteiger partial charge on any atom is 0.270 e. The molecule has 2 aromatic rings. The summed E-state index contributed by atoms with van der Waals surface area (Å²) in [6.45, 7) is 11.8. The van der Waals surface area contributed by atoms with E-state index in [1.165, 1.54) is 5.56 Å². The molecular weight excluding hydrogens is 324 g/mol. The number of aromatic nitrogens is 2. The summed E-state index contributed by atoms with van der Waals surface area (Å²) in [5.74, 6) is 1.81. The molecule has 140 valence electrons. The van der Waals surface area contributed by atoms with E-state index < -0.39 is 0 Å². The van der Waals surface area contributed by atoms with Crippen molar-refractivity contribution in [2.75, 3.05) is 11.4 Å². The molecule has 0 radical (unpaired) electrons. The molecule has 1 aromatic heterocycles. The van der Waals surface area contributed by atoms with Crippen LogP contribution in [0.3, 0.4) is 0 Å². The van der Waals surface area contributed by atoms with Crippen LogP contribution in [0.15, 0.2) is 36.4 Å². The Labute approximate surface area is 156 Å². The van der Waals surface area contributed by atoms with Gasteiger partial charge < -0.3 is 10.2 Å². The lowest BCUT2D eigenvalue weighted by atomic mass is 10.1. The number of carbonyl (C=O) groups is 1. The van der Waals surface area contributed by atoms with E-state index in [9.17, 15) is 4.79 Å². The molecule has 26 heavy (non-hydrogen) atoms. The Hall–Kier alpha value is -2.43. The fourth-order valence-electron chi connectivity index (χ4n) is 2.69. The molecule has 0 spiro atoms. The Morgan fingerprint density at radius 2 is 1.81 bits per heavy atom. The fourth-order valence-corrected chi connectivity index (χ4v) is 2.69. The molecule has 0 saturated heterocycles. The van der Waals surface area contributed by atoms with Gasteiger partial charge in [-0.3, -0.25) is 4.79 Å². The molecule has 0 bridgehead atoms. The number of nitrogens with zero attached hydrogens (tertiary/aromatic N) is 3. The van der Waals surface area contributed by atoms with Crippen molar-refractivity contribution in [1.82, 2.24) is 15.3 Å². The maximum absolute atomic E-state index is 12.5. The smallest absolute Gasteiger partial charge is 0.270 e. The van der Waals surface area contributed by atoms with Gasteiger partial charge in [-0.1, -0.05) is 44.2 Å². The highest BCUT2D eigenvalue weighted by atomic mass is 16.1. The van der Waals surface area contributed by atoms with E-state index in [0.29, 0.717) is 24.0 Å². The first kappa shape index (κ1) is 19.9. The van der Waals surface area contributed by atoms with Crippen LogP contribution in [0, 0.1) is 12.8 Å². The summed E-state index contributed by atoms with van der Waals surface area (Å²) in [5, 5.41) is 2.95. The van der Waals surface area contributed by atoms with Crippen LogP contribution in [-0.4, -0.2) is 28.5 Å². The van der Waals surface area contributed by atoms with Gasteiger partial charge in [0, 0.05) is 25.2 Å². The van der Waals surface area contributed by atoms with Gasteiger partial charge in [0.15, 0.2) is 0 Å². The second kappa shape index (κ2) is 9.32. The highest BCUT2D eigenvalue weighted by Crippen LogP contribution is 2.19. The number of rotatable bonds is 8. The number of aryl methyl sites for hydroxylation is 1. The predicted octanol–water partition coefficient (Wildman–Crippen LogP) is 3.98.